The molecular weight excluding hydrogens is 412 g/mol. The highest BCUT2D eigenvalue weighted by molar-refractivity contribution is 6.07. The molecule has 3 aliphatic heterocycles. The molecule has 4 rings (SSSR count). The average Bonchev–Trinajstić information content (AvgIpc) is 3.16. The zero-order chi connectivity index (χ0) is 22.8. The van der Waals surface area contributed by atoms with Crippen LogP contribution in [0.1, 0.15) is 52.7 Å². The third kappa shape index (κ3) is 4.43. The maximum absolute atomic E-state index is 13.2. The Morgan fingerprint density at radius 2 is 1.81 bits per heavy atom. The summed E-state index contributed by atoms with van der Waals surface area (Å²) in [4.78, 5) is 64.5. The Morgan fingerprint density at radius 3 is 2.44 bits per heavy atom. The monoisotopic (exact) mass is 440 g/mol. The molecule has 3 aliphatic rings. The fraction of sp³-hybridized carbons (Fsp3) is 0.522. The van der Waals surface area contributed by atoms with Crippen molar-refractivity contribution >= 4 is 30.5 Å². The van der Waals surface area contributed by atoms with E-state index in [1.54, 1.807) is 0 Å². The van der Waals surface area contributed by atoms with E-state index in [1.165, 1.54) is 5.56 Å². The fourth-order valence-corrected chi connectivity index (χ4v) is 4.96. The number of hydrogen-bond donors (Lipinski definition) is 1. The number of amides is 5. The maximum atomic E-state index is 13.2. The van der Waals surface area contributed by atoms with Crippen LogP contribution < -0.4 is 5.32 Å². The summed E-state index contributed by atoms with van der Waals surface area (Å²) in [6, 6.07) is 2.86. The summed E-state index contributed by atoms with van der Waals surface area (Å²) in [7, 11) is 0. The number of piperidine rings is 2. The van der Waals surface area contributed by atoms with Crippen molar-refractivity contribution < 1.29 is 24.0 Å². The topological polar surface area (TPSA) is 107 Å². The molecule has 1 aromatic carbocycles. The van der Waals surface area contributed by atoms with Gasteiger partial charge in [-0.05, 0) is 54.9 Å². The van der Waals surface area contributed by atoms with E-state index in [4.69, 9.17) is 0 Å². The second-order valence-corrected chi connectivity index (χ2v) is 8.97. The van der Waals surface area contributed by atoms with E-state index in [0.717, 1.165) is 68.0 Å². The summed E-state index contributed by atoms with van der Waals surface area (Å²) in [6.45, 7) is 5.91. The number of nitrogens with zero attached hydrogens (tertiary/aromatic N) is 3. The third-order valence-corrected chi connectivity index (χ3v) is 6.77. The zero-order valence-corrected chi connectivity index (χ0v) is 18.2. The Kier molecular flexibility index (Phi) is 6.36. The SMILES string of the molecule is Cc1cc2c(cc1C(=O)N(C=O)C1CCC(=O)NC1=O)CN(CC1CCN(C=O)CC1)C2. The second kappa shape index (κ2) is 9.20. The van der Waals surface area contributed by atoms with Crippen molar-refractivity contribution in [1.29, 1.82) is 0 Å². The van der Waals surface area contributed by atoms with Gasteiger partial charge in [0.05, 0.1) is 0 Å². The Balaban J connectivity index is 1.45. The Labute approximate surface area is 186 Å². The molecule has 0 radical (unpaired) electrons. The van der Waals surface area contributed by atoms with Crippen LogP contribution >= 0.6 is 0 Å². The van der Waals surface area contributed by atoms with Crippen molar-refractivity contribution in [1.82, 2.24) is 20.0 Å². The molecule has 0 aliphatic carbocycles. The molecule has 0 bridgehead atoms. The first kappa shape index (κ1) is 22.1. The molecule has 2 fully saturated rings. The molecule has 1 aromatic rings. The third-order valence-electron chi connectivity index (χ3n) is 6.77. The van der Waals surface area contributed by atoms with Gasteiger partial charge in [0.1, 0.15) is 6.04 Å². The molecule has 9 heteroatoms. The zero-order valence-electron chi connectivity index (χ0n) is 18.2. The predicted octanol–water partition coefficient (Wildman–Crippen LogP) is 0.583. The first-order valence-corrected chi connectivity index (χ1v) is 11.1. The molecule has 1 unspecified atom stereocenters. The van der Waals surface area contributed by atoms with E-state index < -0.39 is 23.8 Å². The lowest BCUT2D eigenvalue weighted by molar-refractivity contribution is -0.139. The number of rotatable bonds is 6. The van der Waals surface area contributed by atoms with Crippen LogP contribution in [-0.4, -0.2) is 70.9 Å². The van der Waals surface area contributed by atoms with Gasteiger partial charge >= 0.3 is 0 Å². The van der Waals surface area contributed by atoms with Gasteiger partial charge in [-0.1, -0.05) is 6.07 Å². The molecule has 5 amide bonds. The fourth-order valence-electron chi connectivity index (χ4n) is 4.96. The molecule has 32 heavy (non-hydrogen) atoms. The number of hydrogen-bond acceptors (Lipinski definition) is 6. The van der Waals surface area contributed by atoms with E-state index >= 15 is 0 Å². The summed E-state index contributed by atoms with van der Waals surface area (Å²) in [5.74, 6) is -0.988. The average molecular weight is 441 g/mol. The summed E-state index contributed by atoms with van der Waals surface area (Å²) in [5, 5.41) is 2.20. The van der Waals surface area contributed by atoms with Crippen molar-refractivity contribution in [2.75, 3.05) is 19.6 Å². The molecule has 0 spiro atoms. The van der Waals surface area contributed by atoms with Gasteiger partial charge in [-0.25, -0.2) is 0 Å². The molecule has 3 heterocycles. The van der Waals surface area contributed by atoms with E-state index in [0.29, 0.717) is 17.9 Å². The smallest absolute Gasteiger partial charge is 0.261 e. The first-order chi connectivity index (χ1) is 15.4. The lowest BCUT2D eigenvalue weighted by Gasteiger charge is -2.31. The van der Waals surface area contributed by atoms with Crippen LogP contribution in [0.4, 0.5) is 0 Å². The number of carbonyl (C=O) groups excluding carboxylic acids is 5. The van der Waals surface area contributed by atoms with Gasteiger partial charge in [0.2, 0.25) is 24.6 Å². The number of benzene rings is 1. The molecular formula is C23H28N4O5. The maximum Gasteiger partial charge on any atom is 0.261 e. The van der Waals surface area contributed by atoms with Crippen molar-refractivity contribution in [2.45, 2.75) is 51.7 Å². The van der Waals surface area contributed by atoms with Crippen LogP contribution in [0.5, 0.6) is 0 Å². The van der Waals surface area contributed by atoms with Gasteiger partial charge in [0.25, 0.3) is 5.91 Å². The number of aryl methyl sites for hydroxylation is 1. The Hall–Kier alpha value is -3.07. The van der Waals surface area contributed by atoms with Gasteiger partial charge in [0.15, 0.2) is 0 Å². The molecule has 170 valence electrons. The Bertz CT molecular complexity index is 954. The van der Waals surface area contributed by atoms with Crippen LogP contribution in [0.25, 0.3) is 0 Å². The van der Waals surface area contributed by atoms with Crippen LogP contribution in [0.15, 0.2) is 12.1 Å². The standard InChI is InChI=1S/C23H28N4O5/c1-15-8-17-11-26(10-16-4-6-25(13-28)7-5-16)12-18(17)9-19(15)23(32)27(14-29)20-2-3-21(30)24-22(20)31/h8-9,13-14,16,20H,2-7,10-12H2,1H3,(H,24,30,31). The van der Waals surface area contributed by atoms with Gasteiger partial charge < -0.3 is 4.90 Å². The van der Waals surface area contributed by atoms with Crippen LogP contribution in [0.2, 0.25) is 0 Å². The number of imide groups is 2. The summed E-state index contributed by atoms with van der Waals surface area (Å²) in [5.41, 5.74) is 3.39. The molecule has 2 saturated heterocycles. The van der Waals surface area contributed by atoms with Crippen molar-refractivity contribution in [3.63, 3.8) is 0 Å². The first-order valence-electron chi connectivity index (χ1n) is 11.1. The van der Waals surface area contributed by atoms with Crippen LogP contribution in [0.3, 0.4) is 0 Å². The predicted molar refractivity (Wildman–Crippen MR) is 114 cm³/mol. The molecule has 1 atom stereocenters. The number of likely N-dealkylation sites (tertiary alicyclic amines) is 1. The molecule has 1 N–H and O–H groups in total. The normalized spacial score (nSPS) is 21.8. The number of nitrogens with one attached hydrogen (secondary N) is 1. The van der Waals surface area contributed by atoms with E-state index in [2.05, 4.69) is 10.2 Å². The highest BCUT2D eigenvalue weighted by atomic mass is 16.2. The van der Waals surface area contributed by atoms with Gasteiger partial charge in [-0.3, -0.25) is 39.1 Å². The minimum atomic E-state index is -0.973. The summed E-state index contributed by atoms with van der Waals surface area (Å²) in [6.07, 6.45) is 3.52. The molecule has 9 nitrogen and oxygen atoms in total. The van der Waals surface area contributed by atoms with Gasteiger partial charge in [-0.15, -0.1) is 0 Å². The van der Waals surface area contributed by atoms with Gasteiger partial charge in [0, 0.05) is 44.7 Å². The lowest BCUT2D eigenvalue weighted by Crippen LogP contribution is -2.53. The van der Waals surface area contributed by atoms with Gasteiger partial charge in [-0.2, -0.15) is 0 Å². The quantitative estimate of drug-likeness (QED) is 0.512. The van der Waals surface area contributed by atoms with E-state index in [9.17, 15) is 24.0 Å². The minimum Gasteiger partial charge on any atom is -0.345 e. The number of fused-ring (bicyclic) bond motifs is 1. The molecule has 0 aromatic heterocycles. The van der Waals surface area contributed by atoms with Crippen LogP contribution in [0, 0.1) is 12.8 Å². The second-order valence-electron chi connectivity index (χ2n) is 8.97. The highest BCUT2D eigenvalue weighted by Crippen LogP contribution is 2.29. The van der Waals surface area contributed by atoms with Crippen molar-refractivity contribution in [3.8, 4) is 0 Å². The largest absolute Gasteiger partial charge is 0.345 e. The summed E-state index contributed by atoms with van der Waals surface area (Å²) >= 11 is 0. The number of carbonyl (C=O) groups is 5. The lowest BCUT2D eigenvalue weighted by atomic mass is 9.96. The van der Waals surface area contributed by atoms with Crippen molar-refractivity contribution in [3.05, 3.63) is 34.4 Å². The minimum absolute atomic E-state index is 0.0952. The van der Waals surface area contributed by atoms with Crippen molar-refractivity contribution in [2.24, 2.45) is 5.92 Å². The highest BCUT2D eigenvalue weighted by Gasteiger charge is 2.36. The van der Waals surface area contributed by atoms with E-state index in [-0.39, 0.29) is 12.8 Å². The van der Waals surface area contributed by atoms with Crippen LogP contribution in [-0.2, 0) is 32.3 Å². The Morgan fingerprint density at radius 1 is 1.12 bits per heavy atom. The summed E-state index contributed by atoms with van der Waals surface area (Å²) < 4.78 is 0. The molecule has 0 saturated carbocycles. The van der Waals surface area contributed by atoms with E-state index in [1.807, 2.05) is 24.0 Å².